The number of ether oxygens (including phenoxy) is 2. The number of morpholine rings is 1. The number of benzene rings is 1. The van der Waals surface area contributed by atoms with Gasteiger partial charge in [-0.25, -0.2) is 14.2 Å². The van der Waals surface area contributed by atoms with Crippen molar-refractivity contribution in [1.82, 2.24) is 30.1 Å². The van der Waals surface area contributed by atoms with Crippen molar-refractivity contribution >= 4 is 39.2 Å². The van der Waals surface area contributed by atoms with Crippen LogP contribution >= 0.6 is 11.3 Å². The van der Waals surface area contributed by atoms with Crippen LogP contribution in [0.2, 0.25) is 0 Å². The van der Waals surface area contributed by atoms with E-state index < -0.39 is 5.82 Å². The average Bonchev–Trinajstić information content (AvgIpc) is 3.56. The summed E-state index contributed by atoms with van der Waals surface area (Å²) in [5.41, 5.74) is 1.82. The molecule has 4 heterocycles. The highest BCUT2D eigenvalue weighted by molar-refractivity contribution is 7.22. The van der Waals surface area contributed by atoms with Gasteiger partial charge in [-0.2, -0.15) is 0 Å². The zero-order valence-corrected chi connectivity index (χ0v) is 24.0. The molecule has 2 aliphatic rings. The van der Waals surface area contributed by atoms with E-state index in [1.165, 1.54) is 23.5 Å². The quantitative estimate of drug-likeness (QED) is 0.255. The highest BCUT2D eigenvalue weighted by atomic mass is 32.1. The Morgan fingerprint density at radius 2 is 1.98 bits per heavy atom. The molecule has 6 rings (SSSR count). The molecule has 11 nitrogen and oxygen atoms in total. The molecule has 1 aliphatic heterocycles. The van der Waals surface area contributed by atoms with E-state index in [2.05, 4.69) is 30.8 Å². The average molecular weight is 594 g/mol. The van der Waals surface area contributed by atoms with E-state index in [9.17, 15) is 14.0 Å². The first-order chi connectivity index (χ1) is 20.4. The van der Waals surface area contributed by atoms with Gasteiger partial charge in [0.25, 0.3) is 0 Å². The summed E-state index contributed by atoms with van der Waals surface area (Å²) in [6.07, 6.45) is 5.47. The van der Waals surface area contributed by atoms with Crippen molar-refractivity contribution in [2.24, 2.45) is 7.05 Å². The number of imidazole rings is 1. The van der Waals surface area contributed by atoms with Crippen molar-refractivity contribution in [3.63, 3.8) is 0 Å². The minimum absolute atomic E-state index is 0.0320. The fourth-order valence-corrected chi connectivity index (χ4v) is 5.81. The van der Waals surface area contributed by atoms with Gasteiger partial charge in [0.15, 0.2) is 11.6 Å². The van der Waals surface area contributed by atoms with Gasteiger partial charge in [-0.15, -0.1) is 11.3 Å². The van der Waals surface area contributed by atoms with Gasteiger partial charge >= 0.3 is 6.03 Å². The van der Waals surface area contributed by atoms with Crippen LogP contribution in [0.15, 0.2) is 42.7 Å². The van der Waals surface area contributed by atoms with Crippen LogP contribution in [0.3, 0.4) is 0 Å². The summed E-state index contributed by atoms with van der Waals surface area (Å²) in [4.78, 5) is 36.7. The number of amides is 3. The standard InChI is InChI=1S/C29H32FN7O4S/c1-36-20(15-26(38)32-8-9-37-10-12-40-13-11-37)17-33-28(36)25-16-22-27(42-25)24(6-7-31-22)41-23-5-4-19(14-21(23)30)35-29(39)34-18-2-3-18/h4-7,14,16-18H,2-3,8-13,15H2,1H3,(H,32,38)(H2,34,35,39). The molecule has 0 spiro atoms. The number of rotatable bonds is 10. The van der Waals surface area contributed by atoms with Crippen LogP contribution in [0.5, 0.6) is 11.5 Å². The summed E-state index contributed by atoms with van der Waals surface area (Å²) in [5.74, 6) is 0.531. The number of carbonyl (C=O) groups is 2. The SMILES string of the molecule is Cn1c(CC(=O)NCCN2CCOCC2)cnc1-c1cc2nccc(Oc3ccc(NC(=O)NC4CC4)cc3F)c2s1. The topological polar surface area (TPSA) is 123 Å². The van der Waals surface area contributed by atoms with E-state index in [0.717, 1.165) is 61.0 Å². The summed E-state index contributed by atoms with van der Waals surface area (Å²) < 4.78 is 28.9. The molecule has 1 saturated carbocycles. The number of hydrogen-bond donors (Lipinski definition) is 3. The summed E-state index contributed by atoms with van der Waals surface area (Å²) in [6.45, 7) is 4.62. The van der Waals surface area contributed by atoms with Crippen molar-refractivity contribution in [3.05, 3.63) is 54.2 Å². The number of anilines is 1. The Labute approximate surface area is 246 Å². The first kappa shape index (κ1) is 28.1. The lowest BCUT2D eigenvalue weighted by molar-refractivity contribution is -0.120. The summed E-state index contributed by atoms with van der Waals surface area (Å²) in [5, 5.41) is 8.44. The Balaban J connectivity index is 1.11. The van der Waals surface area contributed by atoms with Crippen LogP contribution in [0.1, 0.15) is 18.5 Å². The number of hydrogen-bond acceptors (Lipinski definition) is 8. The Bertz CT molecular complexity index is 1600. The molecular formula is C29H32FN7O4S. The van der Waals surface area contributed by atoms with Gasteiger partial charge in [0.05, 0.1) is 34.7 Å². The van der Waals surface area contributed by atoms with Crippen LogP contribution < -0.4 is 20.7 Å². The molecule has 1 saturated heterocycles. The lowest BCUT2D eigenvalue weighted by atomic mass is 10.3. The number of carbonyl (C=O) groups excluding carboxylic acids is 2. The van der Waals surface area contributed by atoms with Crippen LogP contribution in [0.25, 0.3) is 20.9 Å². The third-order valence-electron chi connectivity index (χ3n) is 7.20. The number of pyridine rings is 1. The predicted octanol–water partition coefficient (Wildman–Crippen LogP) is 3.90. The molecule has 3 amide bonds. The van der Waals surface area contributed by atoms with Crippen molar-refractivity contribution in [2.45, 2.75) is 25.3 Å². The van der Waals surface area contributed by atoms with Crippen molar-refractivity contribution in [1.29, 1.82) is 0 Å². The van der Waals surface area contributed by atoms with Crippen molar-refractivity contribution in [2.75, 3.05) is 44.7 Å². The van der Waals surface area contributed by atoms with E-state index in [1.54, 1.807) is 24.5 Å². The van der Waals surface area contributed by atoms with Crippen LogP contribution in [-0.4, -0.2) is 76.8 Å². The maximum absolute atomic E-state index is 14.9. The molecule has 2 fully saturated rings. The molecule has 0 radical (unpaired) electrons. The summed E-state index contributed by atoms with van der Waals surface area (Å²) in [6, 6.07) is 7.75. The number of fused-ring (bicyclic) bond motifs is 1. The first-order valence-electron chi connectivity index (χ1n) is 13.9. The van der Waals surface area contributed by atoms with Crippen molar-refractivity contribution < 1.29 is 23.5 Å². The summed E-state index contributed by atoms with van der Waals surface area (Å²) in [7, 11) is 1.88. The zero-order chi connectivity index (χ0) is 29.1. The van der Waals surface area contributed by atoms with E-state index in [-0.39, 0.29) is 30.2 Å². The lowest BCUT2D eigenvalue weighted by Gasteiger charge is -2.26. The monoisotopic (exact) mass is 593 g/mol. The van der Waals surface area contributed by atoms with Crippen LogP contribution in [0, 0.1) is 5.82 Å². The number of nitrogens with one attached hydrogen (secondary N) is 3. The van der Waals surface area contributed by atoms with Crippen LogP contribution in [-0.2, 0) is 23.0 Å². The Hall–Kier alpha value is -4.07. The minimum Gasteiger partial charge on any atom is -0.453 e. The number of nitrogens with zero attached hydrogens (tertiary/aromatic N) is 4. The number of thiophene rings is 1. The molecule has 1 aromatic carbocycles. The molecule has 3 N–H and O–H groups in total. The highest BCUT2D eigenvalue weighted by Gasteiger charge is 2.23. The van der Waals surface area contributed by atoms with E-state index in [1.807, 2.05) is 17.7 Å². The molecule has 13 heteroatoms. The van der Waals surface area contributed by atoms with Crippen LogP contribution in [0.4, 0.5) is 14.9 Å². The number of aromatic nitrogens is 3. The van der Waals surface area contributed by atoms with E-state index in [4.69, 9.17) is 9.47 Å². The zero-order valence-electron chi connectivity index (χ0n) is 23.2. The molecule has 0 atom stereocenters. The third-order valence-corrected chi connectivity index (χ3v) is 8.33. The number of urea groups is 1. The molecule has 0 unspecified atom stereocenters. The van der Waals surface area contributed by atoms with Crippen molar-refractivity contribution in [3.8, 4) is 22.2 Å². The third kappa shape index (κ3) is 6.69. The first-order valence-corrected chi connectivity index (χ1v) is 14.8. The second kappa shape index (κ2) is 12.4. The maximum Gasteiger partial charge on any atom is 0.319 e. The second-order valence-electron chi connectivity index (χ2n) is 10.4. The Morgan fingerprint density at radius 3 is 2.76 bits per heavy atom. The van der Waals surface area contributed by atoms with Gasteiger partial charge < -0.3 is 30.0 Å². The minimum atomic E-state index is -0.599. The smallest absolute Gasteiger partial charge is 0.319 e. The highest BCUT2D eigenvalue weighted by Crippen LogP contribution is 2.39. The molecule has 1 aliphatic carbocycles. The fourth-order valence-electron chi connectivity index (χ4n) is 4.71. The van der Waals surface area contributed by atoms with E-state index >= 15 is 0 Å². The van der Waals surface area contributed by atoms with E-state index in [0.29, 0.717) is 29.3 Å². The fraction of sp³-hybridized carbons (Fsp3) is 0.379. The maximum atomic E-state index is 14.9. The molecule has 0 bridgehead atoms. The number of halogens is 1. The van der Waals surface area contributed by atoms with Gasteiger partial charge in [0, 0.05) is 75.2 Å². The summed E-state index contributed by atoms with van der Waals surface area (Å²) >= 11 is 1.43. The van der Waals surface area contributed by atoms with Gasteiger partial charge in [-0.1, -0.05) is 0 Å². The predicted molar refractivity (Wildman–Crippen MR) is 157 cm³/mol. The molecule has 3 aromatic heterocycles. The molecular weight excluding hydrogens is 561 g/mol. The lowest BCUT2D eigenvalue weighted by Crippen LogP contribution is -2.41. The van der Waals surface area contributed by atoms with Gasteiger partial charge in [-0.05, 0) is 31.0 Å². The normalized spacial score (nSPS) is 15.5. The molecule has 42 heavy (non-hydrogen) atoms. The Morgan fingerprint density at radius 1 is 1.14 bits per heavy atom. The second-order valence-corrected chi connectivity index (χ2v) is 11.4. The Kier molecular flexibility index (Phi) is 8.31. The van der Waals surface area contributed by atoms with Gasteiger partial charge in [0.2, 0.25) is 5.91 Å². The molecule has 4 aromatic rings. The van der Waals surface area contributed by atoms with Gasteiger partial charge in [-0.3, -0.25) is 14.7 Å². The van der Waals surface area contributed by atoms with Gasteiger partial charge in [0.1, 0.15) is 11.6 Å². The molecule has 220 valence electrons. The largest absolute Gasteiger partial charge is 0.453 e.